The van der Waals surface area contributed by atoms with Gasteiger partial charge in [-0.05, 0) is 25.2 Å². The van der Waals surface area contributed by atoms with Gasteiger partial charge in [0.1, 0.15) is 0 Å². The summed E-state index contributed by atoms with van der Waals surface area (Å²) in [5, 5.41) is 0. The van der Waals surface area contributed by atoms with Crippen LogP contribution in [0.4, 0.5) is 0 Å². The smallest absolute Gasteiger partial charge is 0.0155 e. The molecule has 0 unspecified atom stereocenters. The molecule has 0 aromatic heterocycles. The van der Waals surface area contributed by atoms with Crippen LogP contribution in [0.3, 0.4) is 0 Å². The Bertz CT molecular complexity index is 123. The van der Waals surface area contributed by atoms with Gasteiger partial charge < -0.3 is 5.73 Å². The summed E-state index contributed by atoms with van der Waals surface area (Å²) >= 11 is 0. The van der Waals surface area contributed by atoms with E-state index in [1.807, 2.05) is 0 Å². The summed E-state index contributed by atoms with van der Waals surface area (Å²) in [5.41, 5.74) is 6.27. The van der Waals surface area contributed by atoms with Crippen LogP contribution in [0.25, 0.3) is 0 Å². The van der Waals surface area contributed by atoms with Crippen LogP contribution in [0, 0.1) is 5.92 Å². The molecule has 0 amide bonds. The van der Waals surface area contributed by atoms with Gasteiger partial charge in [-0.25, -0.2) is 0 Å². The van der Waals surface area contributed by atoms with E-state index in [4.69, 9.17) is 5.73 Å². The van der Waals surface area contributed by atoms with Crippen molar-refractivity contribution in [2.75, 3.05) is 0 Å². The second kappa shape index (κ2) is 2.23. The van der Waals surface area contributed by atoms with Gasteiger partial charge in [-0.15, -0.1) is 0 Å². The van der Waals surface area contributed by atoms with Crippen LogP contribution in [0.5, 0.6) is 0 Å². The summed E-state index contributed by atoms with van der Waals surface area (Å²) in [7, 11) is 0. The van der Waals surface area contributed by atoms with Crippen molar-refractivity contribution in [1.82, 2.24) is 0 Å². The molecule has 2 aliphatic carbocycles. The topological polar surface area (TPSA) is 26.0 Å². The van der Waals surface area contributed by atoms with Gasteiger partial charge in [0.25, 0.3) is 0 Å². The number of hydrogen-bond acceptors (Lipinski definition) is 1. The third-order valence-corrected chi connectivity index (χ3v) is 2.88. The second-order valence-electron chi connectivity index (χ2n) is 4.20. The molecule has 2 rings (SSSR count). The lowest BCUT2D eigenvalue weighted by Crippen LogP contribution is -2.20. The predicted molar refractivity (Wildman–Crippen MR) is 42.7 cm³/mol. The van der Waals surface area contributed by atoms with Crippen LogP contribution in [0.2, 0.25) is 0 Å². The molecule has 0 heterocycles. The Balaban J connectivity index is 1.54. The van der Waals surface area contributed by atoms with Gasteiger partial charge in [0, 0.05) is 5.54 Å². The van der Waals surface area contributed by atoms with Crippen molar-refractivity contribution in [2.24, 2.45) is 11.7 Å². The Morgan fingerprint density at radius 1 is 1.30 bits per heavy atom. The van der Waals surface area contributed by atoms with E-state index in [9.17, 15) is 0 Å². The van der Waals surface area contributed by atoms with Crippen molar-refractivity contribution in [3.8, 4) is 0 Å². The highest BCUT2D eigenvalue weighted by molar-refractivity contribution is 4.98. The fraction of sp³-hybridized carbons (Fsp3) is 1.00. The van der Waals surface area contributed by atoms with Crippen LogP contribution in [-0.4, -0.2) is 5.54 Å². The van der Waals surface area contributed by atoms with Gasteiger partial charge >= 0.3 is 0 Å². The summed E-state index contributed by atoms with van der Waals surface area (Å²) in [6.45, 7) is 0. The molecule has 0 atom stereocenters. The van der Waals surface area contributed by atoms with Gasteiger partial charge in [0.05, 0.1) is 0 Å². The molecular weight excluding hydrogens is 122 g/mol. The SMILES string of the molecule is NC1(CCCC2CC2)CC1. The third-order valence-electron chi connectivity index (χ3n) is 2.88. The predicted octanol–water partition coefficient (Wildman–Crippen LogP) is 2.06. The van der Waals surface area contributed by atoms with E-state index in [0.29, 0.717) is 5.54 Å². The van der Waals surface area contributed by atoms with Gasteiger partial charge in [-0.3, -0.25) is 0 Å². The van der Waals surface area contributed by atoms with E-state index >= 15 is 0 Å². The first-order valence-corrected chi connectivity index (χ1v) is 4.57. The maximum absolute atomic E-state index is 5.95. The first-order chi connectivity index (χ1) is 4.79. The van der Waals surface area contributed by atoms with Gasteiger partial charge in [-0.2, -0.15) is 0 Å². The summed E-state index contributed by atoms with van der Waals surface area (Å²) in [4.78, 5) is 0. The normalized spacial score (nSPS) is 28.5. The molecule has 0 aliphatic heterocycles. The number of rotatable bonds is 4. The first kappa shape index (κ1) is 6.66. The third kappa shape index (κ3) is 1.72. The fourth-order valence-electron chi connectivity index (χ4n) is 1.56. The zero-order valence-electron chi connectivity index (χ0n) is 6.60. The zero-order valence-corrected chi connectivity index (χ0v) is 6.60. The lowest BCUT2D eigenvalue weighted by atomic mass is 10.1. The van der Waals surface area contributed by atoms with Crippen molar-refractivity contribution >= 4 is 0 Å². The molecule has 0 bridgehead atoms. The molecule has 2 N–H and O–H groups in total. The molecule has 10 heavy (non-hydrogen) atoms. The van der Waals surface area contributed by atoms with Gasteiger partial charge in [-0.1, -0.05) is 25.7 Å². The largest absolute Gasteiger partial charge is 0.325 e. The molecule has 2 saturated carbocycles. The van der Waals surface area contributed by atoms with E-state index < -0.39 is 0 Å². The molecule has 1 heteroatoms. The fourth-order valence-corrected chi connectivity index (χ4v) is 1.56. The number of nitrogens with two attached hydrogens (primary N) is 1. The Hall–Kier alpha value is -0.0400. The molecular formula is C9H17N. The highest BCUT2D eigenvalue weighted by atomic mass is 14.8. The Kier molecular flexibility index (Phi) is 1.48. The van der Waals surface area contributed by atoms with E-state index in [2.05, 4.69) is 0 Å². The monoisotopic (exact) mass is 139 g/mol. The van der Waals surface area contributed by atoms with Crippen LogP contribution in [0.15, 0.2) is 0 Å². The summed E-state index contributed by atoms with van der Waals surface area (Å²) < 4.78 is 0. The lowest BCUT2D eigenvalue weighted by molar-refractivity contribution is 0.536. The minimum Gasteiger partial charge on any atom is -0.325 e. The summed E-state index contributed by atoms with van der Waals surface area (Å²) in [6, 6.07) is 0. The number of hydrogen-bond donors (Lipinski definition) is 1. The van der Waals surface area contributed by atoms with Crippen molar-refractivity contribution in [3.05, 3.63) is 0 Å². The summed E-state index contributed by atoms with van der Waals surface area (Å²) in [5.74, 6) is 1.10. The average Bonchev–Trinajstić information content (AvgIpc) is 2.70. The molecule has 2 aliphatic rings. The van der Waals surface area contributed by atoms with Crippen molar-refractivity contribution in [2.45, 2.75) is 50.5 Å². The Morgan fingerprint density at radius 2 is 2.00 bits per heavy atom. The van der Waals surface area contributed by atoms with E-state index in [0.717, 1.165) is 5.92 Å². The standard InChI is InChI=1S/C9H17N/c10-9(6-7-9)5-1-2-8-3-4-8/h8H,1-7,10H2. The highest BCUT2D eigenvalue weighted by Crippen LogP contribution is 2.40. The molecule has 0 radical (unpaired) electrons. The van der Waals surface area contributed by atoms with Crippen LogP contribution in [0.1, 0.15) is 44.9 Å². The van der Waals surface area contributed by atoms with E-state index in [1.54, 1.807) is 0 Å². The summed E-state index contributed by atoms with van der Waals surface area (Å²) in [6.07, 6.45) is 9.72. The highest BCUT2D eigenvalue weighted by Gasteiger charge is 2.37. The maximum Gasteiger partial charge on any atom is 0.0155 e. The zero-order chi connectivity index (χ0) is 7.03. The molecule has 0 saturated heterocycles. The Morgan fingerprint density at radius 3 is 2.50 bits per heavy atom. The van der Waals surface area contributed by atoms with Gasteiger partial charge in [0.15, 0.2) is 0 Å². The van der Waals surface area contributed by atoms with E-state index in [-0.39, 0.29) is 0 Å². The molecule has 58 valence electrons. The first-order valence-electron chi connectivity index (χ1n) is 4.57. The average molecular weight is 139 g/mol. The molecule has 1 nitrogen and oxygen atoms in total. The van der Waals surface area contributed by atoms with Crippen molar-refractivity contribution in [3.63, 3.8) is 0 Å². The van der Waals surface area contributed by atoms with Crippen LogP contribution < -0.4 is 5.73 Å². The lowest BCUT2D eigenvalue weighted by Gasteiger charge is -2.06. The Labute approximate surface area is 63.0 Å². The molecule has 0 aromatic rings. The van der Waals surface area contributed by atoms with Crippen LogP contribution >= 0.6 is 0 Å². The van der Waals surface area contributed by atoms with Gasteiger partial charge in [0.2, 0.25) is 0 Å². The maximum atomic E-state index is 5.95. The van der Waals surface area contributed by atoms with Crippen LogP contribution in [-0.2, 0) is 0 Å². The van der Waals surface area contributed by atoms with Crippen molar-refractivity contribution in [1.29, 1.82) is 0 Å². The second-order valence-corrected chi connectivity index (χ2v) is 4.20. The minimum absolute atomic E-state index is 0.314. The molecule has 0 aromatic carbocycles. The van der Waals surface area contributed by atoms with E-state index in [1.165, 1.54) is 44.9 Å². The minimum atomic E-state index is 0.314. The van der Waals surface area contributed by atoms with Crippen molar-refractivity contribution < 1.29 is 0 Å². The quantitative estimate of drug-likeness (QED) is 0.634. The molecule has 2 fully saturated rings. The molecule has 0 spiro atoms.